The summed E-state index contributed by atoms with van der Waals surface area (Å²) < 4.78 is 36.6. The van der Waals surface area contributed by atoms with Gasteiger partial charge in [0, 0.05) is 24.7 Å². The number of benzene rings is 2. The third-order valence-electron chi connectivity index (χ3n) is 2.88. The van der Waals surface area contributed by atoms with E-state index in [0.717, 1.165) is 6.07 Å². The van der Waals surface area contributed by atoms with Gasteiger partial charge in [-0.3, -0.25) is 0 Å². The molecular weight excluding hydrogens is 300 g/mol. The highest BCUT2D eigenvalue weighted by Gasteiger charge is 2.10. The Morgan fingerprint density at radius 3 is 2.14 bits per heavy atom. The van der Waals surface area contributed by atoms with Crippen molar-refractivity contribution in [2.75, 3.05) is 19.5 Å². The van der Waals surface area contributed by atoms with Gasteiger partial charge in [0.2, 0.25) is 0 Å². The number of hydrogen-bond donors (Lipinski definition) is 1. The van der Waals surface area contributed by atoms with E-state index in [1.807, 2.05) is 0 Å². The molecule has 6 heteroatoms. The predicted molar refractivity (Wildman–Crippen MR) is 78.2 cm³/mol. The summed E-state index contributed by atoms with van der Waals surface area (Å²) in [5.41, 5.74) is 1.09. The van der Waals surface area contributed by atoms with E-state index in [-0.39, 0.29) is 6.54 Å². The Morgan fingerprint density at radius 2 is 1.57 bits per heavy atom. The lowest BCUT2D eigenvalue weighted by atomic mass is 10.2. The molecular formula is C15H14ClF2NO2. The summed E-state index contributed by atoms with van der Waals surface area (Å²) >= 11 is 6.01. The fourth-order valence-corrected chi connectivity index (χ4v) is 2.14. The summed E-state index contributed by atoms with van der Waals surface area (Å²) in [6.07, 6.45) is 0. The van der Waals surface area contributed by atoms with Crippen LogP contribution in [0.5, 0.6) is 11.5 Å². The summed E-state index contributed by atoms with van der Waals surface area (Å²) in [4.78, 5) is 0. The van der Waals surface area contributed by atoms with Crippen LogP contribution in [-0.2, 0) is 6.54 Å². The van der Waals surface area contributed by atoms with Crippen LogP contribution >= 0.6 is 11.6 Å². The molecule has 21 heavy (non-hydrogen) atoms. The lowest BCUT2D eigenvalue weighted by Gasteiger charge is -2.14. The maximum Gasteiger partial charge on any atom is 0.143 e. The number of nitrogens with one attached hydrogen (secondary N) is 1. The maximum atomic E-state index is 13.1. The lowest BCUT2D eigenvalue weighted by molar-refractivity contribution is 0.404. The molecule has 0 saturated carbocycles. The second-order valence-electron chi connectivity index (χ2n) is 4.32. The van der Waals surface area contributed by atoms with Gasteiger partial charge in [-0.2, -0.15) is 0 Å². The molecule has 0 aliphatic heterocycles. The molecule has 0 heterocycles. The lowest BCUT2D eigenvalue weighted by Crippen LogP contribution is -2.03. The van der Waals surface area contributed by atoms with Crippen LogP contribution in [0.25, 0.3) is 0 Å². The maximum absolute atomic E-state index is 13.1. The predicted octanol–water partition coefficient (Wildman–Crippen LogP) is 4.25. The number of methoxy groups -OCH3 is 2. The molecule has 0 unspecified atom stereocenters. The van der Waals surface area contributed by atoms with Crippen LogP contribution < -0.4 is 14.8 Å². The van der Waals surface area contributed by atoms with E-state index in [2.05, 4.69) is 5.32 Å². The molecule has 0 aliphatic rings. The standard InChI is InChI=1S/C15H14ClF2NO2/c1-20-14-7-13(15(21-2)6-12(14)16)19-8-9-3-10(17)5-11(18)4-9/h3-7,19H,8H2,1-2H3. The molecule has 0 radical (unpaired) electrons. The highest BCUT2D eigenvalue weighted by atomic mass is 35.5. The first-order chi connectivity index (χ1) is 10.0. The monoisotopic (exact) mass is 313 g/mol. The van der Waals surface area contributed by atoms with Gasteiger partial charge in [-0.15, -0.1) is 0 Å². The minimum atomic E-state index is -0.618. The first-order valence-corrected chi connectivity index (χ1v) is 6.51. The highest BCUT2D eigenvalue weighted by Crippen LogP contribution is 2.36. The van der Waals surface area contributed by atoms with Gasteiger partial charge in [0.1, 0.15) is 23.1 Å². The third-order valence-corrected chi connectivity index (χ3v) is 3.17. The topological polar surface area (TPSA) is 30.5 Å². The van der Waals surface area contributed by atoms with E-state index < -0.39 is 11.6 Å². The van der Waals surface area contributed by atoms with E-state index in [1.165, 1.54) is 26.4 Å². The molecule has 2 aromatic carbocycles. The molecule has 0 bridgehead atoms. The first kappa shape index (κ1) is 15.4. The Balaban J connectivity index is 2.22. The van der Waals surface area contributed by atoms with Crippen molar-refractivity contribution in [1.82, 2.24) is 0 Å². The van der Waals surface area contributed by atoms with Crippen molar-refractivity contribution in [1.29, 1.82) is 0 Å². The average Bonchev–Trinajstić information content (AvgIpc) is 2.44. The Kier molecular flexibility index (Phi) is 4.85. The molecule has 112 valence electrons. The SMILES string of the molecule is COc1cc(NCc2cc(F)cc(F)c2)c(OC)cc1Cl. The van der Waals surface area contributed by atoms with Crippen LogP contribution in [0.1, 0.15) is 5.56 Å². The van der Waals surface area contributed by atoms with Crippen molar-refractivity contribution in [3.8, 4) is 11.5 Å². The summed E-state index contributed by atoms with van der Waals surface area (Å²) in [5.74, 6) is -0.247. The van der Waals surface area contributed by atoms with Crippen LogP contribution in [0.3, 0.4) is 0 Å². The second-order valence-corrected chi connectivity index (χ2v) is 4.73. The molecule has 3 nitrogen and oxygen atoms in total. The molecule has 0 aromatic heterocycles. The Bertz CT molecular complexity index is 630. The van der Waals surface area contributed by atoms with E-state index in [9.17, 15) is 8.78 Å². The van der Waals surface area contributed by atoms with Gasteiger partial charge in [0.15, 0.2) is 0 Å². The number of hydrogen-bond acceptors (Lipinski definition) is 3. The fraction of sp³-hybridized carbons (Fsp3) is 0.200. The van der Waals surface area contributed by atoms with Gasteiger partial charge >= 0.3 is 0 Å². The van der Waals surface area contributed by atoms with Crippen molar-refractivity contribution in [3.05, 3.63) is 52.6 Å². The third kappa shape index (κ3) is 3.76. The van der Waals surface area contributed by atoms with Crippen molar-refractivity contribution in [3.63, 3.8) is 0 Å². The Hall–Kier alpha value is -2.01. The number of anilines is 1. The highest BCUT2D eigenvalue weighted by molar-refractivity contribution is 6.32. The molecule has 0 saturated heterocycles. The minimum Gasteiger partial charge on any atom is -0.495 e. The van der Waals surface area contributed by atoms with Crippen molar-refractivity contribution >= 4 is 17.3 Å². The molecule has 0 fully saturated rings. The van der Waals surface area contributed by atoms with Crippen molar-refractivity contribution < 1.29 is 18.3 Å². The van der Waals surface area contributed by atoms with Gasteiger partial charge in [-0.25, -0.2) is 8.78 Å². The van der Waals surface area contributed by atoms with Crippen LogP contribution in [0.15, 0.2) is 30.3 Å². The van der Waals surface area contributed by atoms with Crippen molar-refractivity contribution in [2.45, 2.75) is 6.54 Å². The summed E-state index contributed by atoms with van der Waals surface area (Å²) in [6.45, 7) is 0.232. The fourth-order valence-electron chi connectivity index (χ4n) is 1.91. The van der Waals surface area contributed by atoms with Gasteiger partial charge < -0.3 is 14.8 Å². The number of rotatable bonds is 5. The van der Waals surface area contributed by atoms with Crippen LogP contribution in [0.2, 0.25) is 5.02 Å². The smallest absolute Gasteiger partial charge is 0.143 e. The van der Waals surface area contributed by atoms with Crippen LogP contribution in [-0.4, -0.2) is 14.2 Å². The summed E-state index contributed by atoms with van der Waals surface area (Å²) in [6, 6.07) is 6.62. The van der Waals surface area contributed by atoms with Gasteiger partial charge in [0.25, 0.3) is 0 Å². The number of ether oxygens (including phenoxy) is 2. The Labute approximate surface area is 126 Å². The van der Waals surface area contributed by atoms with Gasteiger partial charge in [-0.05, 0) is 17.7 Å². The zero-order valence-electron chi connectivity index (χ0n) is 11.5. The number of halogens is 3. The molecule has 2 rings (SSSR count). The molecule has 0 atom stereocenters. The molecule has 0 amide bonds. The van der Waals surface area contributed by atoms with Gasteiger partial charge in [-0.1, -0.05) is 11.6 Å². The Morgan fingerprint density at radius 1 is 0.952 bits per heavy atom. The van der Waals surface area contributed by atoms with E-state index >= 15 is 0 Å². The second kappa shape index (κ2) is 6.63. The van der Waals surface area contributed by atoms with Crippen molar-refractivity contribution in [2.24, 2.45) is 0 Å². The quantitative estimate of drug-likeness (QED) is 0.895. The van der Waals surface area contributed by atoms with E-state index in [0.29, 0.717) is 27.8 Å². The zero-order valence-corrected chi connectivity index (χ0v) is 12.3. The normalized spacial score (nSPS) is 10.3. The zero-order chi connectivity index (χ0) is 15.4. The first-order valence-electron chi connectivity index (χ1n) is 6.14. The summed E-state index contributed by atoms with van der Waals surface area (Å²) in [7, 11) is 3.00. The van der Waals surface area contributed by atoms with E-state index in [4.69, 9.17) is 21.1 Å². The van der Waals surface area contributed by atoms with Crippen LogP contribution in [0, 0.1) is 11.6 Å². The van der Waals surface area contributed by atoms with Gasteiger partial charge in [0.05, 0.1) is 24.9 Å². The summed E-state index contributed by atoms with van der Waals surface area (Å²) in [5, 5.41) is 3.45. The molecule has 0 spiro atoms. The largest absolute Gasteiger partial charge is 0.495 e. The average molecular weight is 314 g/mol. The molecule has 0 aliphatic carbocycles. The minimum absolute atomic E-state index is 0.232. The molecule has 2 aromatic rings. The molecule has 1 N–H and O–H groups in total. The van der Waals surface area contributed by atoms with Crippen LogP contribution in [0.4, 0.5) is 14.5 Å². The van der Waals surface area contributed by atoms with E-state index in [1.54, 1.807) is 12.1 Å².